The van der Waals surface area contributed by atoms with Gasteiger partial charge in [-0.1, -0.05) is 54.1 Å². The zero-order valence-corrected chi connectivity index (χ0v) is 11.8. The Kier molecular flexibility index (Phi) is 3.50. The van der Waals surface area contributed by atoms with E-state index in [2.05, 4.69) is 5.32 Å². The quantitative estimate of drug-likeness (QED) is 0.734. The Bertz CT molecular complexity index is 830. The SMILES string of the molecule is O=C(Nc1ccccc1Cl)c1ccc2ccccc2c1O. The maximum absolute atomic E-state index is 12.3. The van der Waals surface area contributed by atoms with Crippen molar-refractivity contribution in [3.8, 4) is 5.75 Å². The lowest BCUT2D eigenvalue weighted by molar-refractivity contribution is 0.102. The van der Waals surface area contributed by atoms with Gasteiger partial charge >= 0.3 is 0 Å². The molecular weight excluding hydrogens is 286 g/mol. The number of carbonyl (C=O) groups is 1. The summed E-state index contributed by atoms with van der Waals surface area (Å²) in [5.41, 5.74) is 0.727. The van der Waals surface area contributed by atoms with E-state index in [0.717, 1.165) is 5.39 Å². The predicted molar refractivity (Wildman–Crippen MR) is 85.0 cm³/mol. The Morgan fingerprint density at radius 1 is 0.952 bits per heavy atom. The van der Waals surface area contributed by atoms with Crippen molar-refractivity contribution in [2.75, 3.05) is 5.32 Å². The van der Waals surface area contributed by atoms with Gasteiger partial charge in [0.25, 0.3) is 5.91 Å². The van der Waals surface area contributed by atoms with E-state index in [0.29, 0.717) is 16.1 Å². The smallest absolute Gasteiger partial charge is 0.259 e. The molecule has 0 saturated heterocycles. The molecular formula is C17H12ClNO2. The van der Waals surface area contributed by atoms with Crippen LogP contribution < -0.4 is 5.32 Å². The number of halogens is 1. The molecule has 0 unspecified atom stereocenters. The number of hydrogen-bond acceptors (Lipinski definition) is 2. The molecule has 21 heavy (non-hydrogen) atoms. The highest BCUT2D eigenvalue weighted by Gasteiger charge is 2.14. The number of para-hydroxylation sites is 1. The first kappa shape index (κ1) is 13.5. The minimum absolute atomic E-state index is 0.0300. The number of nitrogens with one attached hydrogen (secondary N) is 1. The normalized spacial score (nSPS) is 10.5. The zero-order valence-electron chi connectivity index (χ0n) is 11.0. The lowest BCUT2D eigenvalue weighted by atomic mass is 10.0. The summed E-state index contributed by atoms with van der Waals surface area (Å²) >= 11 is 6.01. The number of carbonyl (C=O) groups excluding carboxylic acids is 1. The molecule has 0 atom stereocenters. The van der Waals surface area contributed by atoms with Crippen LogP contribution in [0.4, 0.5) is 5.69 Å². The highest BCUT2D eigenvalue weighted by Crippen LogP contribution is 2.29. The first-order chi connectivity index (χ1) is 10.2. The molecule has 0 aliphatic rings. The number of hydrogen-bond donors (Lipinski definition) is 2. The minimum atomic E-state index is -0.397. The molecule has 3 aromatic rings. The summed E-state index contributed by atoms with van der Waals surface area (Å²) in [6.07, 6.45) is 0. The van der Waals surface area contributed by atoms with Crippen molar-refractivity contribution < 1.29 is 9.90 Å². The second kappa shape index (κ2) is 5.46. The van der Waals surface area contributed by atoms with Gasteiger partial charge in [-0.15, -0.1) is 0 Å². The summed E-state index contributed by atoms with van der Waals surface area (Å²) in [4.78, 5) is 12.3. The number of anilines is 1. The van der Waals surface area contributed by atoms with Crippen molar-refractivity contribution in [1.82, 2.24) is 0 Å². The number of aromatic hydroxyl groups is 1. The Labute approximate surface area is 126 Å². The fraction of sp³-hybridized carbons (Fsp3) is 0. The Morgan fingerprint density at radius 2 is 1.67 bits per heavy atom. The van der Waals surface area contributed by atoms with Crippen LogP contribution in [-0.2, 0) is 0 Å². The maximum Gasteiger partial charge on any atom is 0.259 e. The van der Waals surface area contributed by atoms with Crippen LogP contribution in [0.15, 0.2) is 60.7 Å². The molecule has 0 aliphatic heterocycles. The van der Waals surface area contributed by atoms with Crippen LogP contribution in [0.5, 0.6) is 5.75 Å². The van der Waals surface area contributed by atoms with Gasteiger partial charge in [0.05, 0.1) is 16.3 Å². The van der Waals surface area contributed by atoms with Crippen LogP contribution in [0.25, 0.3) is 10.8 Å². The van der Waals surface area contributed by atoms with Crippen LogP contribution in [0.2, 0.25) is 5.02 Å². The van der Waals surface area contributed by atoms with Gasteiger partial charge in [0, 0.05) is 5.39 Å². The highest BCUT2D eigenvalue weighted by molar-refractivity contribution is 6.34. The van der Waals surface area contributed by atoms with E-state index in [1.165, 1.54) is 0 Å². The van der Waals surface area contributed by atoms with Gasteiger partial charge in [-0.3, -0.25) is 4.79 Å². The molecule has 3 aromatic carbocycles. The summed E-state index contributed by atoms with van der Waals surface area (Å²) in [6, 6.07) is 17.7. The number of rotatable bonds is 2. The predicted octanol–water partition coefficient (Wildman–Crippen LogP) is 4.45. The average Bonchev–Trinajstić information content (AvgIpc) is 2.50. The van der Waals surface area contributed by atoms with Crippen molar-refractivity contribution in [2.24, 2.45) is 0 Å². The monoisotopic (exact) mass is 297 g/mol. The summed E-state index contributed by atoms with van der Waals surface area (Å²) in [5, 5.41) is 14.9. The molecule has 0 spiro atoms. The molecule has 3 rings (SSSR count). The lowest BCUT2D eigenvalue weighted by Gasteiger charge is -2.10. The van der Waals surface area contributed by atoms with Crippen molar-refractivity contribution in [1.29, 1.82) is 0 Å². The molecule has 104 valence electrons. The fourth-order valence-electron chi connectivity index (χ4n) is 2.19. The molecule has 4 heteroatoms. The highest BCUT2D eigenvalue weighted by atomic mass is 35.5. The Morgan fingerprint density at radius 3 is 2.48 bits per heavy atom. The van der Waals surface area contributed by atoms with Gasteiger partial charge in [-0.2, -0.15) is 0 Å². The molecule has 0 aliphatic carbocycles. The zero-order chi connectivity index (χ0) is 14.8. The van der Waals surface area contributed by atoms with E-state index in [4.69, 9.17) is 11.6 Å². The van der Waals surface area contributed by atoms with Gasteiger partial charge in [0.15, 0.2) is 0 Å². The van der Waals surface area contributed by atoms with Crippen molar-refractivity contribution in [2.45, 2.75) is 0 Å². The summed E-state index contributed by atoms with van der Waals surface area (Å²) in [6.45, 7) is 0. The van der Waals surface area contributed by atoms with Gasteiger partial charge in [0.2, 0.25) is 0 Å². The van der Waals surface area contributed by atoms with Crippen molar-refractivity contribution in [3.63, 3.8) is 0 Å². The van der Waals surface area contributed by atoms with Crippen LogP contribution >= 0.6 is 11.6 Å². The number of benzene rings is 3. The van der Waals surface area contributed by atoms with Crippen LogP contribution in [0.3, 0.4) is 0 Å². The molecule has 0 bridgehead atoms. The maximum atomic E-state index is 12.3. The Balaban J connectivity index is 1.99. The fourth-order valence-corrected chi connectivity index (χ4v) is 2.37. The molecule has 0 aromatic heterocycles. The molecule has 3 nitrogen and oxygen atoms in total. The van der Waals surface area contributed by atoms with Crippen LogP contribution in [0, 0.1) is 0 Å². The molecule has 0 radical (unpaired) electrons. The Hall–Kier alpha value is -2.52. The van der Waals surface area contributed by atoms with Gasteiger partial charge in [0.1, 0.15) is 5.75 Å². The third-order valence-electron chi connectivity index (χ3n) is 3.27. The van der Waals surface area contributed by atoms with E-state index in [1.807, 2.05) is 18.2 Å². The molecule has 0 heterocycles. The van der Waals surface area contributed by atoms with E-state index in [1.54, 1.807) is 42.5 Å². The lowest BCUT2D eigenvalue weighted by Crippen LogP contribution is -2.12. The van der Waals surface area contributed by atoms with Crippen molar-refractivity contribution in [3.05, 3.63) is 71.2 Å². The van der Waals surface area contributed by atoms with E-state index < -0.39 is 5.91 Å². The molecule has 0 fully saturated rings. The second-order valence-corrected chi connectivity index (χ2v) is 5.02. The molecule has 1 amide bonds. The molecule has 2 N–H and O–H groups in total. The van der Waals surface area contributed by atoms with Gasteiger partial charge < -0.3 is 10.4 Å². The van der Waals surface area contributed by atoms with E-state index >= 15 is 0 Å². The minimum Gasteiger partial charge on any atom is -0.506 e. The van der Waals surface area contributed by atoms with E-state index in [9.17, 15) is 9.90 Å². The van der Waals surface area contributed by atoms with Gasteiger partial charge in [-0.25, -0.2) is 0 Å². The average molecular weight is 298 g/mol. The number of amides is 1. The standard InChI is InChI=1S/C17H12ClNO2/c18-14-7-3-4-8-15(14)19-17(21)13-10-9-11-5-1-2-6-12(11)16(13)20/h1-10,20H,(H,19,21). The van der Waals surface area contributed by atoms with Crippen LogP contribution in [0.1, 0.15) is 10.4 Å². The third-order valence-corrected chi connectivity index (χ3v) is 3.60. The van der Waals surface area contributed by atoms with E-state index in [-0.39, 0.29) is 11.3 Å². The van der Waals surface area contributed by atoms with Crippen LogP contribution in [-0.4, -0.2) is 11.0 Å². The topological polar surface area (TPSA) is 49.3 Å². The third kappa shape index (κ3) is 2.56. The number of phenolic OH excluding ortho intramolecular Hbond substituents is 1. The number of phenols is 1. The first-order valence-electron chi connectivity index (χ1n) is 6.43. The summed E-state index contributed by atoms with van der Waals surface area (Å²) in [5.74, 6) is -0.427. The molecule has 0 saturated carbocycles. The first-order valence-corrected chi connectivity index (χ1v) is 6.81. The second-order valence-electron chi connectivity index (χ2n) is 4.62. The summed E-state index contributed by atoms with van der Waals surface area (Å²) in [7, 11) is 0. The van der Waals surface area contributed by atoms with Gasteiger partial charge in [-0.05, 0) is 23.6 Å². The largest absolute Gasteiger partial charge is 0.506 e. The summed E-state index contributed by atoms with van der Waals surface area (Å²) < 4.78 is 0. The van der Waals surface area contributed by atoms with Crippen molar-refractivity contribution >= 4 is 34.0 Å². The number of fused-ring (bicyclic) bond motifs is 1.